The number of carbonyl (C=O) groups excluding carboxylic acids is 1. The summed E-state index contributed by atoms with van der Waals surface area (Å²) >= 11 is 1.67. The van der Waals surface area contributed by atoms with Gasteiger partial charge in [-0.15, -0.1) is 11.3 Å². The number of thiazole rings is 1. The summed E-state index contributed by atoms with van der Waals surface area (Å²) < 4.78 is 0. The highest BCUT2D eigenvalue weighted by Gasteiger charge is 2.22. The smallest absolute Gasteiger partial charge is 0.251 e. The van der Waals surface area contributed by atoms with Crippen LogP contribution in [0.25, 0.3) is 0 Å². The standard InChI is InChI=1S/C15H17N3OS/c19-14(12-4-2-1-3-5-12)17-13-6-9-18(10-7-13)15-16-8-11-20-15/h1-5,8,11,13H,6-7,9-10H2,(H,17,19). The van der Waals surface area contributed by atoms with Crippen LogP contribution >= 0.6 is 11.3 Å². The number of carbonyl (C=O) groups is 1. The van der Waals surface area contributed by atoms with Gasteiger partial charge < -0.3 is 10.2 Å². The highest BCUT2D eigenvalue weighted by atomic mass is 32.1. The molecule has 3 rings (SSSR count). The molecule has 1 saturated heterocycles. The molecule has 0 atom stereocenters. The first kappa shape index (κ1) is 13.1. The van der Waals surface area contributed by atoms with Crippen LogP contribution in [-0.4, -0.2) is 30.0 Å². The molecule has 1 fully saturated rings. The number of amides is 1. The summed E-state index contributed by atoms with van der Waals surface area (Å²) in [5.74, 6) is 0.0262. The first-order valence-corrected chi connectivity index (χ1v) is 7.71. The maximum atomic E-state index is 12.1. The minimum Gasteiger partial charge on any atom is -0.349 e. The normalized spacial score (nSPS) is 16.1. The first-order chi connectivity index (χ1) is 9.83. The quantitative estimate of drug-likeness (QED) is 0.943. The Morgan fingerprint density at radius 1 is 1.25 bits per heavy atom. The largest absolute Gasteiger partial charge is 0.349 e. The van der Waals surface area contributed by atoms with E-state index in [-0.39, 0.29) is 11.9 Å². The molecule has 0 bridgehead atoms. The predicted octanol–water partition coefficient (Wildman–Crippen LogP) is 2.54. The Hall–Kier alpha value is -1.88. The third-order valence-corrected chi connectivity index (χ3v) is 4.39. The maximum absolute atomic E-state index is 12.1. The van der Waals surface area contributed by atoms with Gasteiger partial charge in [0.05, 0.1) is 0 Å². The third-order valence-electron chi connectivity index (χ3n) is 3.56. The maximum Gasteiger partial charge on any atom is 0.251 e. The number of nitrogens with one attached hydrogen (secondary N) is 1. The van der Waals surface area contributed by atoms with Crippen molar-refractivity contribution < 1.29 is 4.79 Å². The fourth-order valence-electron chi connectivity index (χ4n) is 2.45. The molecule has 1 aliphatic rings. The zero-order valence-corrected chi connectivity index (χ0v) is 12.0. The lowest BCUT2D eigenvalue weighted by Crippen LogP contribution is -2.44. The van der Waals surface area contributed by atoms with Gasteiger partial charge in [-0.2, -0.15) is 0 Å². The summed E-state index contributed by atoms with van der Waals surface area (Å²) in [5.41, 5.74) is 0.731. The minimum absolute atomic E-state index is 0.0262. The zero-order valence-electron chi connectivity index (χ0n) is 11.2. The summed E-state index contributed by atoms with van der Waals surface area (Å²) in [6, 6.07) is 9.66. The van der Waals surface area contributed by atoms with E-state index in [4.69, 9.17) is 0 Å². The van der Waals surface area contributed by atoms with Crippen LogP contribution in [0.4, 0.5) is 5.13 Å². The Morgan fingerprint density at radius 3 is 2.65 bits per heavy atom. The molecule has 4 nitrogen and oxygen atoms in total. The molecule has 1 N–H and O–H groups in total. The van der Waals surface area contributed by atoms with Crippen molar-refractivity contribution in [2.24, 2.45) is 0 Å². The number of hydrogen-bond acceptors (Lipinski definition) is 4. The number of rotatable bonds is 3. The minimum atomic E-state index is 0.0262. The van der Waals surface area contributed by atoms with Gasteiger partial charge in [0.2, 0.25) is 0 Å². The van der Waals surface area contributed by atoms with E-state index in [9.17, 15) is 4.79 Å². The van der Waals surface area contributed by atoms with Crippen molar-refractivity contribution in [3.05, 3.63) is 47.5 Å². The Bertz CT molecular complexity index is 548. The molecule has 0 radical (unpaired) electrons. The van der Waals surface area contributed by atoms with Crippen LogP contribution in [0.2, 0.25) is 0 Å². The Morgan fingerprint density at radius 2 is 2.00 bits per heavy atom. The molecule has 104 valence electrons. The van der Waals surface area contributed by atoms with Crippen molar-refractivity contribution in [1.29, 1.82) is 0 Å². The number of benzene rings is 1. The highest BCUT2D eigenvalue weighted by molar-refractivity contribution is 7.13. The molecule has 1 aliphatic heterocycles. The van der Waals surface area contributed by atoms with Crippen LogP contribution in [0.1, 0.15) is 23.2 Å². The van der Waals surface area contributed by atoms with Crippen molar-refractivity contribution in [3.8, 4) is 0 Å². The van der Waals surface area contributed by atoms with Crippen molar-refractivity contribution in [3.63, 3.8) is 0 Å². The van der Waals surface area contributed by atoms with Crippen molar-refractivity contribution in [2.45, 2.75) is 18.9 Å². The lowest BCUT2D eigenvalue weighted by molar-refractivity contribution is 0.0931. The second-order valence-corrected chi connectivity index (χ2v) is 5.79. The summed E-state index contributed by atoms with van der Waals surface area (Å²) in [4.78, 5) is 18.7. The second kappa shape index (κ2) is 6.05. The van der Waals surface area contributed by atoms with Crippen molar-refractivity contribution >= 4 is 22.4 Å². The summed E-state index contributed by atoms with van der Waals surface area (Å²) in [6.45, 7) is 1.90. The van der Waals surface area contributed by atoms with E-state index in [0.717, 1.165) is 36.6 Å². The molecule has 0 aliphatic carbocycles. The molecule has 5 heteroatoms. The fourth-order valence-corrected chi connectivity index (χ4v) is 3.14. The lowest BCUT2D eigenvalue weighted by Gasteiger charge is -2.32. The Kier molecular flexibility index (Phi) is 3.97. The topological polar surface area (TPSA) is 45.2 Å². The number of aromatic nitrogens is 1. The molecule has 1 aromatic carbocycles. The van der Waals surface area contributed by atoms with Gasteiger partial charge in [0.15, 0.2) is 5.13 Å². The first-order valence-electron chi connectivity index (χ1n) is 6.83. The lowest BCUT2D eigenvalue weighted by atomic mass is 10.0. The molecule has 2 heterocycles. The SMILES string of the molecule is O=C(NC1CCN(c2nccs2)CC1)c1ccccc1. The van der Waals surface area contributed by atoms with Gasteiger partial charge in [-0.3, -0.25) is 4.79 Å². The van der Waals surface area contributed by atoms with E-state index >= 15 is 0 Å². The van der Waals surface area contributed by atoms with E-state index in [1.54, 1.807) is 11.3 Å². The summed E-state index contributed by atoms with van der Waals surface area (Å²) in [7, 11) is 0. The average molecular weight is 287 g/mol. The Balaban J connectivity index is 1.53. The average Bonchev–Trinajstić information content (AvgIpc) is 3.03. The van der Waals surface area contributed by atoms with E-state index in [0.29, 0.717) is 0 Å². The van der Waals surface area contributed by atoms with Crippen LogP contribution in [0.15, 0.2) is 41.9 Å². The third kappa shape index (κ3) is 2.99. The molecular weight excluding hydrogens is 270 g/mol. The van der Waals surface area contributed by atoms with Gasteiger partial charge in [0.25, 0.3) is 5.91 Å². The number of anilines is 1. The second-order valence-electron chi connectivity index (χ2n) is 4.92. The van der Waals surface area contributed by atoms with E-state index in [2.05, 4.69) is 15.2 Å². The number of hydrogen-bond donors (Lipinski definition) is 1. The molecule has 1 amide bonds. The van der Waals surface area contributed by atoms with Gasteiger partial charge in [-0.05, 0) is 25.0 Å². The van der Waals surface area contributed by atoms with E-state index in [1.165, 1.54) is 0 Å². The fraction of sp³-hybridized carbons (Fsp3) is 0.333. The van der Waals surface area contributed by atoms with Crippen LogP contribution in [-0.2, 0) is 0 Å². The highest BCUT2D eigenvalue weighted by Crippen LogP contribution is 2.22. The number of nitrogens with zero attached hydrogens (tertiary/aromatic N) is 2. The Labute approximate surface area is 122 Å². The van der Waals surface area contributed by atoms with Crippen molar-refractivity contribution in [1.82, 2.24) is 10.3 Å². The predicted molar refractivity (Wildman–Crippen MR) is 81.3 cm³/mol. The van der Waals surface area contributed by atoms with Crippen LogP contribution in [0, 0.1) is 0 Å². The van der Waals surface area contributed by atoms with Gasteiger partial charge >= 0.3 is 0 Å². The van der Waals surface area contributed by atoms with Crippen LogP contribution in [0.3, 0.4) is 0 Å². The molecule has 0 spiro atoms. The van der Waals surface area contributed by atoms with Gasteiger partial charge in [0.1, 0.15) is 0 Å². The van der Waals surface area contributed by atoms with Gasteiger partial charge in [-0.25, -0.2) is 4.98 Å². The molecule has 20 heavy (non-hydrogen) atoms. The number of piperidine rings is 1. The molecule has 0 saturated carbocycles. The van der Waals surface area contributed by atoms with E-state index < -0.39 is 0 Å². The van der Waals surface area contributed by atoms with E-state index in [1.807, 2.05) is 41.9 Å². The van der Waals surface area contributed by atoms with Gasteiger partial charge in [-0.1, -0.05) is 18.2 Å². The molecule has 0 unspecified atom stereocenters. The van der Waals surface area contributed by atoms with Crippen LogP contribution in [0.5, 0.6) is 0 Å². The molecular formula is C15H17N3OS. The zero-order chi connectivity index (χ0) is 13.8. The molecule has 1 aromatic heterocycles. The van der Waals surface area contributed by atoms with Gasteiger partial charge in [0, 0.05) is 36.3 Å². The summed E-state index contributed by atoms with van der Waals surface area (Å²) in [5, 5.41) is 6.20. The van der Waals surface area contributed by atoms with Crippen molar-refractivity contribution in [2.75, 3.05) is 18.0 Å². The molecule has 2 aromatic rings. The summed E-state index contributed by atoms with van der Waals surface area (Å²) in [6.07, 6.45) is 3.78. The van der Waals surface area contributed by atoms with Crippen LogP contribution < -0.4 is 10.2 Å². The monoisotopic (exact) mass is 287 g/mol.